The van der Waals surface area contributed by atoms with Crippen LogP contribution in [-0.4, -0.2) is 37.5 Å². The van der Waals surface area contributed by atoms with E-state index in [0.717, 1.165) is 17.6 Å². The van der Waals surface area contributed by atoms with E-state index >= 15 is 0 Å². The first-order valence-electron chi connectivity index (χ1n) is 5.72. The maximum Gasteiger partial charge on any atom is 0.238 e. The van der Waals surface area contributed by atoms with Gasteiger partial charge in [-0.3, -0.25) is 0 Å². The van der Waals surface area contributed by atoms with Crippen LogP contribution in [0, 0.1) is 5.82 Å². The number of hydrogen-bond donors (Lipinski definition) is 2. The Morgan fingerprint density at radius 3 is 2.79 bits per heavy atom. The lowest BCUT2D eigenvalue weighted by atomic mass is 10.3. The van der Waals surface area contributed by atoms with Gasteiger partial charge in [0, 0.05) is 29.1 Å². The molecule has 1 unspecified atom stereocenters. The summed E-state index contributed by atoms with van der Waals surface area (Å²) >= 11 is 3.77. The summed E-state index contributed by atoms with van der Waals surface area (Å²) in [6.07, 6.45) is 0. The van der Waals surface area contributed by atoms with Crippen molar-refractivity contribution < 1.29 is 12.8 Å². The van der Waals surface area contributed by atoms with Crippen molar-refractivity contribution in [2.24, 2.45) is 5.14 Å². The summed E-state index contributed by atoms with van der Waals surface area (Å²) in [5.74, 6) is 2.73. The molecule has 0 aliphatic carbocycles. The molecular weight excluding hydrogens is 307 g/mol. The van der Waals surface area contributed by atoms with Crippen molar-refractivity contribution in [3.05, 3.63) is 24.0 Å². The highest BCUT2D eigenvalue weighted by atomic mass is 32.2. The van der Waals surface area contributed by atoms with Gasteiger partial charge in [-0.2, -0.15) is 23.5 Å². The molecular formula is C11H15FN2O2S3. The smallest absolute Gasteiger partial charge is 0.238 e. The molecule has 0 bridgehead atoms. The third-order valence-electron chi connectivity index (χ3n) is 2.67. The Morgan fingerprint density at radius 2 is 2.21 bits per heavy atom. The van der Waals surface area contributed by atoms with Crippen LogP contribution in [0.25, 0.3) is 0 Å². The van der Waals surface area contributed by atoms with Crippen LogP contribution in [0.3, 0.4) is 0 Å². The second kappa shape index (κ2) is 6.34. The molecule has 8 heteroatoms. The summed E-state index contributed by atoms with van der Waals surface area (Å²) in [6, 6.07) is 3.67. The molecule has 1 saturated heterocycles. The van der Waals surface area contributed by atoms with Crippen molar-refractivity contribution in [3.8, 4) is 0 Å². The Morgan fingerprint density at radius 1 is 1.42 bits per heavy atom. The fraction of sp³-hybridized carbons (Fsp3) is 0.455. The van der Waals surface area contributed by atoms with Crippen LogP contribution in [0.5, 0.6) is 0 Å². The lowest BCUT2D eigenvalue weighted by Gasteiger charge is -2.21. The van der Waals surface area contributed by atoms with Crippen molar-refractivity contribution in [2.45, 2.75) is 10.1 Å². The average molecular weight is 322 g/mol. The van der Waals surface area contributed by atoms with Gasteiger partial charge in [-0.1, -0.05) is 0 Å². The number of anilines is 1. The first-order valence-corrected chi connectivity index (χ1v) is 9.47. The number of nitrogens with two attached hydrogens (primary N) is 1. The van der Waals surface area contributed by atoms with E-state index in [0.29, 0.717) is 17.5 Å². The standard InChI is InChI=1S/C11H15FN2O2S3/c12-10-5-9(19(13,15)16)1-2-11(10)14-6-8-7-17-3-4-18-8/h1-2,5,8,14H,3-4,6-7H2,(H2,13,15,16). The number of hydrogen-bond acceptors (Lipinski definition) is 5. The van der Waals surface area contributed by atoms with Crippen molar-refractivity contribution in [2.75, 3.05) is 29.1 Å². The number of halogens is 1. The third-order valence-corrected chi connectivity index (χ3v) is 6.43. The van der Waals surface area contributed by atoms with Gasteiger partial charge in [-0.15, -0.1) is 0 Å². The van der Waals surface area contributed by atoms with E-state index in [1.165, 1.54) is 17.9 Å². The van der Waals surface area contributed by atoms with E-state index in [2.05, 4.69) is 5.32 Å². The molecule has 1 aromatic carbocycles. The highest BCUT2D eigenvalue weighted by Gasteiger charge is 2.15. The maximum atomic E-state index is 13.7. The Balaban J connectivity index is 2.01. The zero-order valence-electron chi connectivity index (χ0n) is 10.1. The van der Waals surface area contributed by atoms with Crippen LogP contribution in [0.2, 0.25) is 0 Å². The normalized spacial score (nSPS) is 20.2. The third kappa shape index (κ3) is 4.27. The van der Waals surface area contributed by atoms with Crippen LogP contribution in [0.15, 0.2) is 23.1 Å². The highest BCUT2D eigenvalue weighted by Crippen LogP contribution is 2.25. The molecule has 1 aliphatic rings. The lowest BCUT2D eigenvalue weighted by Crippen LogP contribution is -2.23. The maximum absolute atomic E-state index is 13.7. The Bertz CT molecular complexity index is 545. The topological polar surface area (TPSA) is 72.2 Å². The van der Waals surface area contributed by atoms with Gasteiger partial charge in [0.25, 0.3) is 0 Å². The van der Waals surface area contributed by atoms with Crippen molar-refractivity contribution in [1.82, 2.24) is 0 Å². The van der Waals surface area contributed by atoms with Gasteiger partial charge in [0.2, 0.25) is 10.0 Å². The van der Waals surface area contributed by atoms with E-state index in [4.69, 9.17) is 5.14 Å². The lowest BCUT2D eigenvalue weighted by molar-refractivity contribution is 0.593. The molecule has 2 rings (SSSR count). The molecule has 0 spiro atoms. The van der Waals surface area contributed by atoms with Gasteiger partial charge in [0.05, 0.1) is 10.6 Å². The van der Waals surface area contributed by atoms with Gasteiger partial charge < -0.3 is 5.32 Å². The molecule has 0 saturated carbocycles. The second-order valence-corrected chi connectivity index (χ2v) is 8.25. The highest BCUT2D eigenvalue weighted by molar-refractivity contribution is 8.06. The zero-order chi connectivity index (χ0) is 13.9. The molecule has 0 radical (unpaired) electrons. The number of thioether (sulfide) groups is 2. The molecule has 1 heterocycles. The number of rotatable bonds is 4. The number of primary sulfonamides is 1. The Hall–Kier alpha value is -0.440. The first kappa shape index (κ1) is 15.0. The van der Waals surface area contributed by atoms with Crippen LogP contribution in [0.1, 0.15) is 0 Å². The van der Waals surface area contributed by atoms with Gasteiger partial charge in [0.1, 0.15) is 5.82 Å². The van der Waals surface area contributed by atoms with Crippen LogP contribution < -0.4 is 10.5 Å². The molecule has 0 aromatic heterocycles. The molecule has 1 fully saturated rings. The van der Waals surface area contributed by atoms with E-state index < -0.39 is 15.8 Å². The minimum absolute atomic E-state index is 0.210. The molecule has 106 valence electrons. The zero-order valence-corrected chi connectivity index (χ0v) is 12.6. The fourth-order valence-electron chi connectivity index (χ4n) is 1.69. The summed E-state index contributed by atoms with van der Waals surface area (Å²) < 4.78 is 35.9. The van der Waals surface area contributed by atoms with E-state index in [-0.39, 0.29) is 4.90 Å². The first-order chi connectivity index (χ1) is 8.97. The van der Waals surface area contributed by atoms with E-state index in [1.54, 1.807) is 0 Å². The number of nitrogens with one attached hydrogen (secondary N) is 1. The van der Waals surface area contributed by atoms with Crippen LogP contribution >= 0.6 is 23.5 Å². The van der Waals surface area contributed by atoms with E-state index in [1.807, 2.05) is 23.5 Å². The van der Waals surface area contributed by atoms with Gasteiger partial charge >= 0.3 is 0 Å². The van der Waals surface area contributed by atoms with Crippen LogP contribution in [-0.2, 0) is 10.0 Å². The molecule has 0 amide bonds. The summed E-state index contributed by atoms with van der Waals surface area (Å²) in [6.45, 7) is 0.670. The molecule has 19 heavy (non-hydrogen) atoms. The molecule has 1 aliphatic heterocycles. The Labute approximate surface area is 120 Å². The average Bonchev–Trinajstić information content (AvgIpc) is 2.37. The molecule has 1 atom stereocenters. The minimum atomic E-state index is -3.85. The van der Waals surface area contributed by atoms with Gasteiger partial charge in [-0.05, 0) is 18.2 Å². The largest absolute Gasteiger partial charge is 0.382 e. The van der Waals surface area contributed by atoms with Crippen molar-refractivity contribution in [1.29, 1.82) is 0 Å². The quantitative estimate of drug-likeness (QED) is 0.883. The predicted molar refractivity (Wildman–Crippen MR) is 79.8 cm³/mol. The molecule has 4 nitrogen and oxygen atoms in total. The van der Waals surface area contributed by atoms with E-state index in [9.17, 15) is 12.8 Å². The number of sulfonamides is 1. The van der Waals surface area contributed by atoms with Crippen molar-refractivity contribution >= 4 is 39.2 Å². The summed E-state index contributed by atoms with van der Waals surface area (Å²) in [5.41, 5.74) is 0.309. The fourth-order valence-corrected chi connectivity index (χ4v) is 4.83. The Kier molecular flexibility index (Phi) is 4.99. The monoisotopic (exact) mass is 322 g/mol. The van der Waals surface area contributed by atoms with Gasteiger partial charge in [0.15, 0.2) is 0 Å². The molecule has 3 N–H and O–H groups in total. The van der Waals surface area contributed by atoms with Gasteiger partial charge in [-0.25, -0.2) is 17.9 Å². The van der Waals surface area contributed by atoms with Crippen molar-refractivity contribution in [3.63, 3.8) is 0 Å². The molecule has 1 aromatic rings. The summed E-state index contributed by atoms with van der Waals surface area (Å²) in [4.78, 5) is -0.210. The van der Waals surface area contributed by atoms with Crippen LogP contribution in [0.4, 0.5) is 10.1 Å². The summed E-state index contributed by atoms with van der Waals surface area (Å²) in [7, 11) is -3.85. The number of benzene rings is 1. The minimum Gasteiger partial charge on any atom is -0.382 e. The predicted octanol–water partition coefficient (Wildman–Crippen LogP) is 1.73. The summed E-state index contributed by atoms with van der Waals surface area (Å²) in [5, 5.41) is 8.42. The SMILES string of the molecule is NS(=O)(=O)c1ccc(NCC2CSCCS2)c(F)c1. The second-order valence-electron chi connectivity index (χ2n) is 4.14.